The molecule has 0 saturated carbocycles. The van der Waals surface area contributed by atoms with Crippen LogP contribution in [0.5, 0.6) is 0 Å². The molecule has 4 rings (SSSR count). The number of anilines is 1. The van der Waals surface area contributed by atoms with Gasteiger partial charge in [-0.05, 0) is 34.9 Å². The molecule has 3 aromatic heterocycles. The van der Waals surface area contributed by atoms with Gasteiger partial charge in [0.25, 0.3) is 11.5 Å². The number of hydrogen-bond donors (Lipinski definition) is 1. The van der Waals surface area contributed by atoms with Crippen molar-refractivity contribution >= 4 is 45.3 Å². The van der Waals surface area contributed by atoms with Gasteiger partial charge in [0.1, 0.15) is 0 Å². The summed E-state index contributed by atoms with van der Waals surface area (Å²) in [5, 5.41) is 11.7. The number of benzene rings is 1. The molecule has 0 aliphatic carbocycles. The summed E-state index contributed by atoms with van der Waals surface area (Å²) in [7, 11) is 4.70. The summed E-state index contributed by atoms with van der Waals surface area (Å²) >= 11 is 2.39. The van der Waals surface area contributed by atoms with Gasteiger partial charge in [-0.1, -0.05) is 44.2 Å². The third-order valence-electron chi connectivity index (χ3n) is 5.25. The van der Waals surface area contributed by atoms with Crippen LogP contribution in [0.4, 0.5) is 5.13 Å². The first-order valence-corrected chi connectivity index (χ1v) is 11.7. The van der Waals surface area contributed by atoms with Crippen LogP contribution in [0.2, 0.25) is 0 Å². The van der Waals surface area contributed by atoms with Crippen LogP contribution < -0.4 is 16.6 Å². The van der Waals surface area contributed by atoms with Crippen molar-refractivity contribution in [1.82, 2.24) is 28.9 Å². The Kier molecular flexibility index (Phi) is 5.74. The normalized spacial score (nSPS) is 11.8. The maximum Gasteiger partial charge on any atom is 0.332 e. The molecule has 0 saturated heterocycles. The van der Waals surface area contributed by atoms with Crippen molar-refractivity contribution in [2.24, 2.45) is 21.1 Å². The van der Waals surface area contributed by atoms with Gasteiger partial charge in [-0.25, -0.2) is 9.78 Å². The highest BCUT2D eigenvalue weighted by atomic mass is 32.2. The van der Waals surface area contributed by atoms with E-state index in [9.17, 15) is 14.4 Å². The molecule has 0 aliphatic rings. The van der Waals surface area contributed by atoms with Crippen LogP contribution in [-0.2, 0) is 26.6 Å². The summed E-state index contributed by atoms with van der Waals surface area (Å²) in [6, 6.07) is 7.47. The van der Waals surface area contributed by atoms with Gasteiger partial charge >= 0.3 is 5.69 Å². The Bertz CT molecular complexity index is 1490. The van der Waals surface area contributed by atoms with Crippen molar-refractivity contribution in [2.75, 3.05) is 5.32 Å². The first kappa shape index (κ1) is 22.9. The van der Waals surface area contributed by atoms with E-state index in [1.807, 2.05) is 12.1 Å². The van der Waals surface area contributed by atoms with Gasteiger partial charge in [0, 0.05) is 26.7 Å². The van der Waals surface area contributed by atoms with Gasteiger partial charge in [-0.2, -0.15) is 0 Å². The molecule has 3 heterocycles. The van der Waals surface area contributed by atoms with Crippen LogP contribution in [0.15, 0.2) is 43.4 Å². The molecule has 172 valence electrons. The van der Waals surface area contributed by atoms with Crippen LogP contribution in [0.25, 0.3) is 11.2 Å². The number of rotatable bonds is 4. The number of aromatic nitrogens is 6. The second-order valence-corrected chi connectivity index (χ2v) is 10.8. The third-order valence-corrected chi connectivity index (χ3v) is 7.19. The molecule has 12 heteroatoms. The maximum absolute atomic E-state index is 12.6. The molecule has 0 atom stereocenters. The average molecular weight is 486 g/mol. The van der Waals surface area contributed by atoms with E-state index in [1.165, 1.54) is 34.7 Å². The molecule has 0 unspecified atom stereocenters. The van der Waals surface area contributed by atoms with E-state index in [0.29, 0.717) is 31.4 Å². The zero-order chi connectivity index (χ0) is 24.1. The van der Waals surface area contributed by atoms with Gasteiger partial charge < -0.3 is 4.57 Å². The Labute approximate surface area is 197 Å². The predicted molar refractivity (Wildman–Crippen MR) is 128 cm³/mol. The van der Waals surface area contributed by atoms with Gasteiger partial charge in [-0.15, -0.1) is 10.2 Å². The van der Waals surface area contributed by atoms with Gasteiger partial charge in [0.05, 0.1) is 0 Å². The fourth-order valence-electron chi connectivity index (χ4n) is 3.26. The van der Waals surface area contributed by atoms with Crippen LogP contribution in [-0.4, -0.2) is 34.8 Å². The summed E-state index contributed by atoms with van der Waals surface area (Å²) in [6.07, 6.45) is 0. The summed E-state index contributed by atoms with van der Waals surface area (Å²) in [6.45, 7) is 6.35. The number of fused-ring (bicyclic) bond motifs is 1. The van der Waals surface area contributed by atoms with E-state index in [2.05, 4.69) is 41.3 Å². The van der Waals surface area contributed by atoms with E-state index in [0.717, 1.165) is 10.1 Å². The van der Waals surface area contributed by atoms with E-state index < -0.39 is 11.2 Å². The minimum absolute atomic E-state index is 0.00663. The molecular weight excluding hydrogens is 462 g/mol. The molecular formula is C21H23N7O3S2. The molecule has 4 aromatic rings. The van der Waals surface area contributed by atoms with Crippen LogP contribution >= 0.6 is 23.1 Å². The summed E-state index contributed by atoms with van der Waals surface area (Å²) in [4.78, 5) is 41.7. The predicted octanol–water partition coefficient (Wildman–Crippen LogP) is 2.52. The quantitative estimate of drug-likeness (QED) is 0.442. The average Bonchev–Trinajstić information content (AvgIpc) is 3.34. The number of amides is 1. The minimum Gasteiger partial charge on any atom is -0.316 e. The summed E-state index contributed by atoms with van der Waals surface area (Å²) in [5.74, 6) is -0.274. The number of nitrogens with zero attached hydrogens (tertiary/aromatic N) is 6. The highest BCUT2D eigenvalue weighted by Crippen LogP contribution is 2.32. The highest BCUT2D eigenvalue weighted by Gasteiger charge is 2.20. The fourth-order valence-corrected chi connectivity index (χ4v) is 4.96. The van der Waals surface area contributed by atoms with Crippen molar-refractivity contribution in [1.29, 1.82) is 0 Å². The largest absolute Gasteiger partial charge is 0.332 e. The van der Waals surface area contributed by atoms with E-state index >= 15 is 0 Å². The minimum atomic E-state index is -0.446. The first-order valence-electron chi connectivity index (χ1n) is 10.0. The molecule has 0 fully saturated rings. The number of carbonyl (C=O) groups excluding carboxylic acids is 1. The molecule has 10 nitrogen and oxygen atoms in total. The lowest BCUT2D eigenvalue weighted by Crippen LogP contribution is -2.37. The molecule has 1 aromatic carbocycles. The Morgan fingerprint density at radius 3 is 2.30 bits per heavy atom. The molecule has 0 radical (unpaired) electrons. The molecule has 0 spiro atoms. The van der Waals surface area contributed by atoms with E-state index in [-0.39, 0.29) is 11.3 Å². The topological polar surface area (TPSA) is 117 Å². The zero-order valence-electron chi connectivity index (χ0n) is 19.0. The lowest BCUT2D eigenvalue weighted by atomic mass is 9.87. The Balaban J connectivity index is 1.54. The molecule has 0 aliphatic heterocycles. The monoisotopic (exact) mass is 485 g/mol. The van der Waals surface area contributed by atoms with Gasteiger partial charge in [0.15, 0.2) is 20.7 Å². The fraction of sp³-hybridized carbons (Fsp3) is 0.333. The highest BCUT2D eigenvalue weighted by molar-refractivity contribution is 8.01. The lowest BCUT2D eigenvalue weighted by molar-refractivity contribution is 0.102. The van der Waals surface area contributed by atoms with Crippen LogP contribution in [0.1, 0.15) is 36.7 Å². The van der Waals surface area contributed by atoms with E-state index in [1.54, 1.807) is 30.8 Å². The Morgan fingerprint density at radius 2 is 1.67 bits per heavy atom. The number of hydrogen-bond acceptors (Lipinski definition) is 8. The van der Waals surface area contributed by atoms with Crippen molar-refractivity contribution in [3.05, 3.63) is 56.2 Å². The summed E-state index contributed by atoms with van der Waals surface area (Å²) in [5.41, 5.74) is 1.43. The molecule has 0 bridgehead atoms. The standard InChI is InChI=1S/C21H23N7O3S2/c1-21(2,3)12-9-7-11(8-10-12)15(29)23-17-24-25-19(32-17)33-18-22-14-13(26(18)4)16(30)28(6)20(31)27(14)5/h7-10H,1-6H3,(H,23,24,29). The Hall–Kier alpha value is -3.25. The van der Waals surface area contributed by atoms with E-state index in [4.69, 9.17) is 0 Å². The SMILES string of the molecule is Cn1c(=O)c2c(nc(Sc3nnc(NC(=O)c4ccc(C(C)(C)C)cc4)s3)n2C)n(C)c1=O. The van der Waals surface area contributed by atoms with Crippen molar-refractivity contribution in [3.63, 3.8) is 0 Å². The number of imidazole rings is 1. The maximum atomic E-state index is 12.6. The molecule has 1 amide bonds. The van der Waals surface area contributed by atoms with Gasteiger partial charge in [-0.3, -0.25) is 24.0 Å². The lowest BCUT2D eigenvalue weighted by Gasteiger charge is -2.18. The third kappa shape index (κ3) is 4.23. The number of carbonyl (C=O) groups is 1. The molecule has 33 heavy (non-hydrogen) atoms. The first-order chi connectivity index (χ1) is 15.5. The second-order valence-electron chi connectivity index (χ2n) is 8.59. The number of aryl methyl sites for hydroxylation is 2. The smallest absolute Gasteiger partial charge is 0.316 e. The number of nitrogens with one attached hydrogen (secondary N) is 1. The van der Waals surface area contributed by atoms with Crippen LogP contribution in [0, 0.1) is 0 Å². The Morgan fingerprint density at radius 1 is 1.00 bits per heavy atom. The van der Waals surface area contributed by atoms with Crippen molar-refractivity contribution in [2.45, 2.75) is 35.7 Å². The van der Waals surface area contributed by atoms with Crippen molar-refractivity contribution < 1.29 is 4.79 Å². The van der Waals surface area contributed by atoms with Crippen LogP contribution in [0.3, 0.4) is 0 Å². The molecule has 1 N–H and O–H groups in total. The summed E-state index contributed by atoms with van der Waals surface area (Å²) < 4.78 is 4.54. The zero-order valence-corrected chi connectivity index (χ0v) is 20.7. The second kappa shape index (κ2) is 8.27. The van der Waals surface area contributed by atoms with Gasteiger partial charge in [0.2, 0.25) is 5.13 Å². The van der Waals surface area contributed by atoms with Crippen molar-refractivity contribution in [3.8, 4) is 0 Å².